The molecule has 0 heterocycles. The Labute approximate surface area is 97.1 Å². The summed E-state index contributed by atoms with van der Waals surface area (Å²) in [6.45, 7) is 3.85. The van der Waals surface area contributed by atoms with E-state index < -0.39 is 10.0 Å². The summed E-state index contributed by atoms with van der Waals surface area (Å²) in [6, 6.07) is 8.22. The molecule has 4 nitrogen and oxygen atoms in total. The van der Waals surface area contributed by atoms with Gasteiger partial charge < -0.3 is 5.32 Å². The number of hydrogen-bond donors (Lipinski definition) is 2. The standard InChI is InChI=1S/C11H18N2O2S/c1-10-4-3-5-11(8-10)9-12-6-7-13-16(2,14)15/h3-5,8,12-13H,6-7,9H2,1-2H3. The van der Waals surface area contributed by atoms with E-state index >= 15 is 0 Å². The summed E-state index contributed by atoms with van der Waals surface area (Å²) in [6.07, 6.45) is 1.16. The van der Waals surface area contributed by atoms with E-state index in [-0.39, 0.29) is 0 Å². The molecule has 0 fully saturated rings. The molecule has 90 valence electrons. The van der Waals surface area contributed by atoms with Crippen molar-refractivity contribution in [1.29, 1.82) is 0 Å². The van der Waals surface area contributed by atoms with E-state index in [0.29, 0.717) is 13.1 Å². The fourth-order valence-electron chi connectivity index (χ4n) is 1.38. The van der Waals surface area contributed by atoms with Gasteiger partial charge in [0.2, 0.25) is 10.0 Å². The minimum absolute atomic E-state index is 0.421. The molecule has 0 amide bonds. The van der Waals surface area contributed by atoms with E-state index in [4.69, 9.17) is 0 Å². The van der Waals surface area contributed by atoms with Crippen molar-refractivity contribution in [3.63, 3.8) is 0 Å². The normalized spacial score (nSPS) is 11.6. The van der Waals surface area contributed by atoms with Crippen molar-refractivity contribution in [3.05, 3.63) is 35.4 Å². The average Bonchev–Trinajstić information content (AvgIpc) is 2.15. The molecule has 0 saturated carbocycles. The van der Waals surface area contributed by atoms with E-state index in [1.54, 1.807) is 0 Å². The van der Waals surface area contributed by atoms with Crippen LogP contribution in [0.3, 0.4) is 0 Å². The van der Waals surface area contributed by atoms with Crippen LogP contribution in [0.25, 0.3) is 0 Å². The molecule has 0 aliphatic rings. The molecule has 16 heavy (non-hydrogen) atoms. The molecular weight excluding hydrogens is 224 g/mol. The largest absolute Gasteiger partial charge is 0.311 e. The van der Waals surface area contributed by atoms with Gasteiger partial charge in [-0.25, -0.2) is 13.1 Å². The smallest absolute Gasteiger partial charge is 0.208 e. The molecule has 5 heteroatoms. The van der Waals surface area contributed by atoms with Crippen LogP contribution in [0.15, 0.2) is 24.3 Å². The lowest BCUT2D eigenvalue weighted by Crippen LogP contribution is -2.30. The summed E-state index contributed by atoms with van der Waals surface area (Å²) >= 11 is 0. The first-order chi connectivity index (χ1) is 7.47. The van der Waals surface area contributed by atoms with Crippen molar-refractivity contribution in [2.24, 2.45) is 0 Å². The maximum atomic E-state index is 10.8. The van der Waals surface area contributed by atoms with Gasteiger partial charge in [0, 0.05) is 19.6 Å². The molecule has 0 aliphatic carbocycles. The van der Waals surface area contributed by atoms with E-state index in [2.05, 4.69) is 29.1 Å². The third-order valence-electron chi connectivity index (χ3n) is 2.08. The quantitative estimate of drug-likeness (QED) is 0.720. The second-order valence-electron chi connectivity index (χ2n) is 3.83. The van der Waals surface area contributed by atoms with Crippen LogP contribution in [0.2, 0.25) is 0 Å². The van der Waals surface area contributed by atoms with Crippen molar-refractivity contribution in [2.45, 2.75) is 13.5 Å². The van der Waals surface area contributed by atoms with Crippen LogP contribution in [-0.2, 0) is 16.6 Å². The first kappa shape index (κ1) is 13.2. The average molecular weight is 242 g/mol. The van der Waals surface area contributed by atoms with Crippen LogP contribution in [0.5, 0.6) is 0 Å². The van der Waals surface area contributed by atoms with Gasteiger partial charge in [0.25, 0.3) is 0 Å². The minimum atomic E-state index is -3.07. The van der Waals surface area contributed by atoms with Gasteiger partial charge in [0.15, 0.2) is 0 Å². The molecule has 0 unspecified atom stereocenters. The topological polar surface area (TPSA) is 58.2 Å². The van der Waals surface area contributed by atoms with Gasteiger partial charge >= 0.3 is 0 Å². The van der Waals surface area contributed by atoms with Gasteiger partial charge in [-0.05, 0) is 12.5 Å². The summed E-state index contributed by atoms with van der Waals surface area (Å²) in [5, 5.41) is 3.17. The third kappa shape index (κ3) is 5.85. The zero-order valence-corrected chi connectivity index (χ0v) is 10.5. The van der Waals surface area contributed by atoms with Crippen LogP contribution < -0.4 is 10.0 Å². The highest BCUT2D eigenvalue weighted by atomic mass is 32.2. The zero-order chi connectivity index (χ0) is 12.0. The lowest BCUT2D eigenvalue weighted by molar-refractivity contribution is 0.582. The minimum Gasteiger partial charge on any atom is -0.311 e. The molecule has 0 bridgehead atoms. The van der Waals surface area contributed by atoms with E-state index in [0.717, 1.165) is 12.8 Å². The van der Waals surface area contributed by atoms with Crippen LogP contribution in [0.4, 0.5) is 0 Å². The Balaban J connectivity index is 2.21. The van der Waals surface area contributed by atoms with E-state index in [1.165, 1.54) is 11.1 Å². The van der Waals surface area contributed by atoms with Gasteiger partial charge in [-0.2, -0.15) is 0 Å². The van der Waals surface area contributed by atoms with Gasteiger partial charge in [-0.15, -0.1) is 0 Å². The maximum Gasteiger partial charge on any atom is 0.208 e. The van der Waals surface area contributed by atoms with Crippen LogP contribution >= 0.6 is 0 Å². The summed E-state index contributed by atoms with van der Waals surface area (Å²) in [4.78, 5) is 0. The molecule has 1 rings (SSSR count). The molecular formula is C11H18N2O2S. The number of rotatable bonds is 6. The fourth-order valence-corrected chi connectivity index (χ4v) is 1.85. The molecule has 1 aromatic carbocycles. The lowest BCUT2D eigenvalue weighted by Gasteiger charge is -2.06. The Morgan fingerprint density at radius 1 is 1.25 bits per heavy atom. The Kier molecular flexibility index (Phi) is 4.92. The van der Waals surface area contributed by atoms with Crippen LogP contribution in [-0.4, -0.2) is 27.8 Å². The highest BCUT2D eigenvalue weighted by Crippen LogP contribution is 2.02. The third-order valence-corrected chi connectivity index (χ3v) is 2.81. The second-order valence-corrected chi connectivity index (χ2v) is 5.67. The van der Waals surface area contributed by atoms with E-state index in [1.807, 2.05) is 12.1 Å². The molecule has 1 aromatic rings. The van der Waals surface area contributed by atoms with Gasteiger partial charge in [-0.1, -0.05) is 29.8 Å². The number of hydrogen-bond acceptors (Lipinski definition) is 3. The Morgan fingerprint density at radius 2 is 2.00 bits per heavy atom. The molecule has 0 radical (unpaired) electrons. The lowest BCUT2D eigenvalue weighted by atomic mass is 10.1. The maximum absolute atomic E-state index is 10.8. The van der Waals surface area contributed by atoms with Crippen LogP contribution in [0, 0.1) is 6.92 Å². The zero-order valence-electron chi connectivity index (χ0n) is 9.66. The van der Waals surface area contributed by atoms with Crippen molar-refractivity contribution in [1.82, 2.24) is 10.0 Å². The Hall–Kier alpha value is -0.910. The monoisotopic (exact) mass is 242 g/mol. The van der Waals surface area contributed by atoms with Gasteiger partial charge in [0.1, 0.15) is 0 Å². The molecule has 2 N–H and O–H groups in total. The molecule has 0 atom stereocenters. The SMILES string of the molecule is Cc1cccc(CNCCNS(C)(=O)=O)c1. The highest BCUT2D eigenvalue weighted by Gasteiger charge is 1.98. The van der Waals surface area contributed by atoms with Crippen molar-refractivity contribution >= 4 is 10.0 Å². The van der Waals surface area contributed by atoms with Crippen molar-refractivity contribution in [2.75, 3.05) is 19.3 Å². The summed E-state index contributed by atoms with van der Waals surface area (Å²) < 4.78 is 24.0. The predicted molar refractivity (Wildman–Crippen MR) is 65.7 cm³/mol. The first-order valence-corrected chi connectivity index (χ1v) is 7.07. The highest BCUT2D eigenvalue weighted by molar-refractivity contribution is 7.88. The number of benzene rings is 1. The molecule has 0 saturated heterocycles. The molecule has 0 aromatic heterocycles. The number of aryl methyl sites for hydroxylation is 1. The van der Waals surface area contributed by atoms with Gasteiger partial charge in [0.05, 0.1) is 6.26 Å². The fraction of sp³-hybridized carbons (Fsp3) is 0.455. The number of sulfonamides is 1. The van der Waals surface area contributed by atoms with Gasteiger partial charge in [-0.3, -0.25) is 0 Å². The second kappa shape index (κ2) is 5.98. The van der Waals surface area contributed by atoms with Crippen molar-refractivity contribution in [3.8, 4) is 0 Å². The number of nitrogens with one attached hydrogen (secondary N) is 2. The Morgan fingerprint density at radius 3 is 2.62 bits per heavy atom. The first-order valence-electron chi connectivity index (χ1n) is 5.18. The summed E-state index contributed by atoms with van der Waals surface area (Å²) in [7, 11) is -3.07. The summed E-state index contributed by atoms with van der Waals surface area (Å²) in [5.41, 5.74) is 2.44. The van der Waals surface area contributed by atoms with E-state index in [9.17, 15) is 8.42 Å². The van der Waals surface area contributed by atoms with Crippen molar-refractivity contribution < 1.29 is 8.42 Å². The summed E-state index contributed by atoms with van der Waals surface area (Å²) in [5.74, 6) is 0. The molecule has 0 aliphatic heterocycles. The Bertz CT molecular complexity index is 429. The van der Waals surface area contributed by atoms with Crippen LogP contribution in [0.1, 0.15) is 11.1 Å². The molecule has 0 spiro atoms. The predicted octanol–water partition coefficient (Wildman–Crippen LogP) is 0.634.